The van der Waals surface area contributed by atoms with Gasteiger partial charge in [0, 0.05) is 24.5 Å². The van der Waals surface area contributed by atoms with Crippen molar-refractivity contribution in [2.24, 2.45) is 0 Å². The molecular formula is C16H14BrN5O. The van der Waals surface area contributed by atoms with E-state index in [2.05, 4.69) is 37.9 Å². The van der Waals surface area contributed by atoms with Gasteiger partial charge in [-0.1, -0.05) is 30.8 Å². The average Bonchev–Trinajstić information content (AvgIpc) is 2.91. The van der Waals surface area contributed by atoms with Gasteiger partial charge in [0.25, 0.3) is 0 Å². The lowest BCUT2D eigenvalue weighted by molar-refractivity contribution is -0.116. The number of benzene rings is 1. The topological polar surface area (TPSA) is 85.3 Å². The number of aromatic nitrogens is 3. The minimum absolute atomic E-state index is 0.194. The molecule has 0 unspecified atom stereocenters. The number of hydrogen-bond donors (Lipinski definition) is 2. The van der Waals surface area contributed by atoms with Crippen molar-refractivity contribution in [3.05, 3.63) is 59.4 Å². The van der Waals surface area contributed by atoms with Crippen LogP contribution in [0.2, 0.25) is 0 Å². The molecule has 7 heteroatoms. The number of carbonyl (C=O) groups is 1. The molecular weight excluding hydrogens is 358 g/mol. The Morgan fingerprint density at radius 2 is 2.13 bits per heavy atom. The molecule has 0 fully saturated rings. The van der Waals surface area contributed by atoms with Crippen LogP contribution in [0.15, 0.2) is 53.8 Å². The molecule has 1 amide bonds. The molecule has 116 valence electrons. The summed E-state index contributed by atoms with van der Waals surface area (Å²) in [4.78, 5) is 15.3. The van der Waals surface area contributed by atoms with E-state index in [4.69, 9.17) is 5.73 Å². The van der Waals surface area contributed by atoms with Crippen molar-refractivity contribution >= 4 is 33.2 Å². The molecule has 0 atom stereocenters. The van der Waals surface area contributed by atoms with Crippen LogP contribution in [-0.4, -0.2) is 20.5 Å². The van der Waals surface area contributed by atoms with E-state index in [9.17, 15) is 4.79 Å². The molecule has 0 saturated carbocycles. The molecule has 2 heterocycles. The number of rotatable bonds is 4. The maximum absolute atomic E-state index is 11.2. The second-order valence-corrected chi connectivity index (χ2v) is 5.68. The first-order chi connectivity index (χ1) is 11.1. The standard InChI is InChI=1S/C16H14BrN5O/c1-2-12(23)20-9-10-3-5-11(6-4-10)14-13(17)15-16(18)19-7-8-22(15)21-14/h2-8H,1,9H2,(H2,18,19)(H,20,23). The van der Waals surface area contributed by atoms with Gasteiger partial charge >= 0.3 is 0 Å². The molecule has 1 aromatic carbocycles. The molecule has 23 heavy (non-hydrogen) atoms. The van der Waals surface area contributed by atoms with Gasteiger partial charge in [-0.2, -0.15) is 5.10 Å². The summed E-state index contributed by atoms with van der Waals surface area (Å²) in [5.41, 5.74) is 9.36. The maximum atomic E-state index is 11.2. The first kappa shape index (κ1) is 15.2. The minimum Gasteiger partial charge on any atom is -0.382 e. The first-order valence-electron chi connectivity index (χ1n) is 6.88. The Balaban J connectivity index is 1.90. The Kier molecular flexibility index (Phi) is 4.12. The van der Waals surface area contributed by atoms with Gasteiger partial charge in [-0.3, -0.25) is 4.79 Å². The van der Waals surface area contributed by atoms with Gasteiger partial charge in [0.2, 0.25) is 5.91 Å². The molecule has 2 aromatic heterocycles. The van der Waals surface area contributed by atoms with Crippen LogP contribution in [0.3, 0.4) is 0 Å². The highest BCUT2D eigenvalue weighted by molar-refractivity contribution is 9.10. The highest BCUT2D eigenvalue weighted by Crippen LogP contribution is 2.32. The molecule has 0 aliphatic rings. The van der Waals surface area contributed by atoms with Crippen molar-refractivity contribution in [2.75, 3.05) is 5.73 Å². The Hall–Kier alpha value is -2.67. The second kappa shape index (κ2) is 6.21. The zero-order valence-electron chi connectivity index (χ0n) is 12.2. The van der Waals surface area contributed by atoms with Crippen LogP contribution in [0, 0.1) is 0 Å². The van der Waals surface area contributed by atoms with Crippen molar-refractivity contribution in [2.45, 2.75) is 6.54 Å². The highest BCUT2D eigenvalue weighted by Gasteiger charge is 2.14. The fraction of sp³-hybridized carbons (Fsp3) is 0.0625. The molecule has 0 aliphatic carbocycles. The zero-order valence-corrected chi connectivity index (χ0v) is 13.7. The number of amides is 1. The van der Waals surface area contributed by atoms with E-state index in [1.807, 2.05) is 24.3 Å². The summed E-state index contributed by atoms with van der Waals surface area (Å²) in [6, 6.07) is 7.78. The predicted molar refractivity (Wildman–Crippen MR) is 92.6 cm³/mol. The van der Waals surface area contributed by atoms with E-state index < -0.39 is 0 Å². The van der Waals surface area contributed by atoms with Crippen molar-refractivity contribution in [1.29, 1.82) is 0 Å². The van der Waals surface area contributed by atoms with Crippen LogP contribution in [0.4, 0.5) is 5.82 Å². The SMILES string of the molecule is C=CC(=O)NCc1ccc(-c2nn3ccnc(N)c3c2Br)cc1. The fourth-order valence-corrected chi connectivity index (χ4v) is 2.91. The van der Waals surface area contributed by atoms with Crippen molar-refractivity contribution < 1.29 is 4.79 Å². The van der Waals surface area contributed by atoms with Crippen LogP contribution in [-0.2, 0) is 11.3 Å². The number of nitrogens with zero attached hydrogens (tertiary/aromatic N) is 3. The normalized spacial score (nSPS) is 10.7. The molecule has 0 radical (unpaired) electrons. The van der Waals surface area contributed by atoms with Gasteiger partial charge < -0.3 is 11.1 Å². The number of halogens is 1. The van der Waals surface area contributed by atoms with E-state index in [1.54, 1.807) is 16.9 Å². The minimum atomic E-state index is -0.194. The summed E-state index contributed by atoms with van der Waals surface area (Å²) in [7, 11) is 0. The van der Waals surface area contributed by atoms with E-state index in [-0.39, 0.29) is 5.91 Å². The van der Waals surface area contributed by atoms with E-state index in [1.165, 1.54) is 6.08 Å². The van der Waals surface area contributed by atoms with Gasteiger partial charge in [-0.25, -0.2) is 9.50 Å². The van der Waals surface area contributed by atoms with Crippen molar-refractivity contribution in [1.82, 2.24) is 19.9 Å². The molecule has 0 saturated heterocycles. The summed E-state index contributed by atoms with van der Waals surface area (Å²) in [6.45, 7) is 3.87. The number of fused-ring (bicyclic) bond motifs is 1. The summed E-state index contributed by atoms with van der Waals surface area (Å²) in [6.07, 6.45) is 4.61. The number of nitrogens with two attached hydrogens (primary N) is 1. The molecule has 6 nitrogen and oxygen atoms in total. The molecule has 3 rings (SSSR count). The lowest BCUT2D eigenvalue weighted by atomic mass is 10.1. The first-order valence-corrected chi connectivity index (χ1v) is 7.67. The molecule has 3 aromatic rings. The third-order valence-electron chi connectivity index (χ3n) is 3.40. The quantitative estimate of drug-likeness (QED) is 0.690. The third-order valence-corrected chi connectivity index (χ3v) is 4.15. The maximum Gasteiger partial charge on any atom is 0.243 e. The Bertz CT molecular complexity index is 885. The van der Waals surface area contributed by atoms with Gasteiger partial charge in [0.1, 0.15) is 11.2 Å². The fourth-order valence-electron chi connectivity index (χ4n) is 2.22. The smallest absolute Gasteiger partial charge is 0.243 e. The zero-order chi connectivity index (χ0) is 16.4. The summed E-state index contributed by atoms with van der Waals surface area (Å²) >= 11 is 3.55. The summed E-state index contributed by atoms with van der Waals surface area (Å²) < 4.78 is 2.50. The number of anilines is 1. The van der Waals surface area contributed by atoms with Crippen LogP contribution < -0.4 is 11.1 Å². The largest absolute Gasteiger partial charge is 0.382 e. The lowest BCUT2D eigenvalue weighted by Crippen LogP contribution is -2.19. The van der Waals surface area contributed by atoms with Crippen LogP contribution in [0.5, 0.6) is 0 Å². The highest BCUT2D eigenvalue weighted by atomic mass is 79.9. The average molecular weight is 372 g/mol. The van der Waals surface area contributed by atoms with E-state index in [0.717, 1.165) is 26.8 Å². The van der Waals surface area contributed by atoms with Crippen molar-refractivity contribution in [3.8, 4) is 11.3 Å². The predicted octanol–water partition coefficient (Wildman–Crippen LogP) is 2.54. The van der Waals surface area contributed by atoms with Gasteiger partial charge in [-0.05, 0) is 27.6 Å². The Morgan fingerprint density at radius 1 is 1.39 bits per heavy atom. The molecule has 0 spiro atoms. The number of carbonyl (C=O) groups excluding carboxylic acids is 1. The Morgan fingerprint density at radius 3 is 2.78 bits per heavy atom. The van der Waals surface area contributed by atoms with Crippen molar-refractivity contribution in [3.63, 3.8) is 0 Å². The van der Waals surface area contributed by atoms with Gasteiger partial charge in [-0.15, -0.1) is 0 Å². The van der Waals surface area contributed by atoms with Crippen LogP contribution >= 0.6 is 15.9 Å². The van der Waals surface area contributed by atoms with E-state index in [0.29, 0.717) is 12.4 Å². The molecule has 0 bridgehead atoms. The van der Waals surface area contributed by atoms with Crippen LogP contribution in [0.1, 0.15) is 5.56 Å². The third kappa shape index (κ3) is 2.95. The summed E-state index contributed by atoms with van der Waals surface area (Å²) in [5.74, 6) is 0.224. The second-order valence-electron chi connectivity index (χ2n) is 4.89. The molecule has 3 N–H and O–H groups in total. The lowest BCUT2D eigenvalue weighted by Gasteiger charge is -2.04. The molecule has 0 aliphatic heterocycles. The monoisotopic (exact) mass is 371 g/mol. The van der Waals surface area contributed by atoms with Gasteiger partial charge in [0.15, 0.2) is 5.82 Å². The Labute approximate surface area is 141 Å². The number of nitrogens with one attached hydrogen (secondary N) is 1. The number of hydrogen-bond acceptors (Lipinski definition) is 4. The van der Waals surface area contributed by atoms with Gasteiger partial charge in [0.05, 0.1) is 4.47 Å². The van der Waals surface area contributed by atoms with E-state index >= 15 is 0 Å². The van der Waals surface area contributed by atoms with Crippen LogP contribution in [0.25, 0.3) is 16.8 Å². The summed E-state index contributed by atoms with van der Waals surface area (Å²) in [5, 5.41) is 7.26. The number of nitrogen functional groups attached to an aromatic ring is 1.